The summed E-state index contributed by atoms with van der Waals surface area (Å²) in [5.41, 5.74) is -0.197. The molecule has 0 N–H and O–H groups in total. The van der Waals surface area contributed by atoms with Gasteiger partial charge in [-0.3, -0.25) is 9.48 Å². The van der Waals surface area contributed by atoms with Crippen LogP contribution >= 0.6 is 27.5 Å². The van der Waals surface area contributed by atoms with Crippen molar-refractivity contribution in [2.24, 2.45) is 0 Å². The molecule has 0 saturated heterocycles. The number of alkyl halides is 3. The van der Waals surface area contributed by atoms with Crippen molar-refractivity contribution in [2.75, 3.05) is 0 Å². The van der Waals surface area contributed by atoms with Crippen LogP contribution in [0.2, 0.25) is 0 Å². The van der Waals surface area contributed by atoms with E-state index >= 15 is 0 Å². The van der Waals surface area contributed by atoms with Gasteiger partial charge in [-0.2, -0.15) is 13.9 Å². The summed E-state index contributed by atoms with van der Waals surface area (Å²) < 4.78 is 26.7. The lowest BCUT2D eigenvalue weighted by Gasteiger charge is -2.09. The van der Waals surface area contributed by atoms with E-state index in [0.717, 1.165) is 0 Å². The van der Waals surface area contributed by atoms with Gasteiger partial charge in [0, 0.05) is 6.54 Å². The van der Waals surface area contributed by atoms with E-state index in [-0.39, 0.29) is 10.2 Å². The lowest BCUT2D eigenvalue weighted by molar-refractivity contribution is 0.0523. The molecule has 1 aromatic rings. The number of nitrogens with zero attached hydrogens (tertiary/aromatic N) is 2. The van der Waals surface area contributed by atoms with Crippen LogP contribution in [-0.2, 0) is 6.54 Å². The smallest absolute Gasteiger partial charge is 0.284 e. The van der Waals surface area contributed by atoms with Crippen molar-refractivity contribution in [1.29, 1.82) is 0 Å². The van der Waals surface area contributed by atoms with E-state index in [1.165, 1.54) is 10.9 Å². The number of carbonyl (C=O) groups is 1. The molecule has 1 aromatic heterocycles. The minimum atomic E-state index is -3.89. The van der Waals surface area contributed by atoms with Crippen molar-refractivity contribution in [3.8, 4) is 0 Å². The third-order valence-electron chi connectivity index (χ3n) is 1.70. The third kappa shape index (κ3) is 2.75. The molecule has 0 atom stereocenters. The van der Waals surface area contributed by atoms with Crippen LogP contribution in [0.3, 0.4) is 0 Å². The van der Waals surface area contributed by atoms with Crippen LogP contribution < -0.4 is 0 Å². The predicted molar refractivity (Wildman–Crippen MR) is 55.3 cm³/mol. The molecule has 1 heterocycles. The molecule has 7 heteroatoms. The number of halogens is 4. The maximum Gasteiger partial charge on any atom is 0.386 e. The Labute approximate surface area is 98.5 Å². The van der Waals surface area contributed by atoms with Gasteiger partial charge >= 0.3 is 5.38 Å². The van der Waals surface area contributed by atoms with Crippen LogP contribution in [0, 0.1) is 0 Å². The summed E-state index contributed by atoms with van der Waals surface area (Å²) in [6.07, 6.45) is 1.98. The second kappa shape index (κ2) is 4.57. The first-order valence-corrected chi connectivity index (χ1v) is 5.37. The van der Waals surface area contributed by atoms with Gasteiger partial charge < -0.3 is 0 Å². The van der Waals surface area contributed by atoms with Crippen LogP contribution in [0.15, 0.2) is 10.7 Å². The summed E-state index contributed by atoms with van der Waals surface area (Å²) in [5, 5.41) is -0.0978. The molecule has 84 valence electrons. The van der Waals surface area contributed by atoms with E-state index in [0.29, 0.717) is 13.0 Å². The molecule has 0 aliphatic carbocycles. The van der Waals surface area contributed by atoms with Crippen LogP contribution in [0.5, 0.6) is 0 Å². The molecule has 0 spiro atoms. The van der Waals surface area contributed by atoms with E-state index < -0.39 is 11.2 Å². The van der Waals surface area contributed by atoms with Crippen LogP contribution in [0.4, 0.5) is 8.78 Å². The van der Waals surface area contributed by atoms with Gasteiger partial charge in [-0.15, -0.1) is 0 Å². The Hall–Kier alpha value is -0.490. The number of carbonyl (C=O) groups excluding carboxylic acids is 1. The fourth-order valence-electron chi connectivity index (χ4n) is 1.10. The number of rotatable bonds is 4. The number of aryl methyl sites for hydroxylation is 1. The van der Waals surface area contributed by atoms with Crippen LogP contribution in [0.25, 0.3) is 0 Å². The molecule has 0 aliphatic rings. The van der Waals surface area contributed by atoms with E-state index in [2.05, 4.69) is 32.6 Å². The summed E-state index contributed by atoms with van der Waals surface area (Å²) >= 11 is 7.66. The van der Waals surface area contributed by atoms with Gasteiger partial charge in [0.05, 0.1) is 10.7 Å². The first-order valence-electron chi connectivity index (χ1n) is 4.20. The fraction of sp³-hybridized carbons (Fsp3) is 0.500. The van der Waals surface area contributed by atoms with E-state index in [1.807, 2.05) is 6.92 Å². The summed E-state index contributed by atoms with van der Waals surface area (Å²) in [6.45, 7) is 2.24. The molecule has 1 rings (SSSR count). The number of aromatic nitrogens is 2. The summed E-state index contributed by atoms with van der Waals surface area (Å²) in [4.78, 5) is 11.3. The third-order valence-corrected chi connectivity index (χ3v) is 2.45. The second-order valence-electron chi connectivity index (χ2n) is 2.89. The van der Waals surface area contributed by atoms with Gasteiger partial charge in [-0.1, -0.05) is 6.92 Å². The molecule has 0 saturated carbocycles. The van der Waals surface area contributed by atoms with Gasteiger partial charge in [0.15, 0.2) is 0 Å². The Morgan fingerprint density at radius 3 is 2.80 bits per heavy atom. The Balaban J connectivity index is 3.12. The molecule has 0 aliphatic heterocycles. The molecular weight excluding hydrogens is 293 g/mol. The first-order chi connectivity index (χ1) is 6.88. The van der Waals surface area contributed by atoms with Gasteiger partial charge in [0.1, 0.15) is 5.69 Å². The van der Waals surface area contributed by atoms with E-state index in [4.69, 9.17) is 0 Å². The Morgan fingerprint density at radius 1 is 1.73 bits per heavy atom. The van der Waals surface area contributed by atoms with Gasteiger partial charge in [0.25, 0.3) is 5.78 Å². The standard InChI is InChI=1S/C8H8BrClF2N2O/c1-2-3-14-6(5(9)4-13-14)7(15)8(10,11)12/h4H,2-3H2,1H3. The van der Waals surface area contributed by atoms with Crippen molar-refractivity contribution < 1.29 is 13.6 Å². The minimum Gasteiger partial charge on any atom is -0.284 e. The molecule has 15 heavy (non-hydrogen) atoms. The van der Waals surface area contributed by atoms with Gasteiger partial charge in [-0.05, 0) is 34.0 Å². The maximum absolute atomic E-state index is 12.6. The highest BCUT2D eigenvalue weighted by atomic mass is 79.9. The topological polar surface area (TPSA) is 34.9 Å². The number of hydrogen-bond donors (Lipinski definition) is 0. The number of ketones is 1. The normalized spacial score (nSPS) is 11.8. The maximum atomic E-state index is 12.6. The van der Waals surface area contributed by atoms with Crippen molar-refractivity contribution >= 4 is 33.3 Å². The van der Waals surface area contributed by atoms with Crippen molar-refractivity contribution in [1.82, 2.24) is 9.78 Å². The van der Waals surface area contributed by atoms with Crippen molar-refractivity contribution in [2.45, 2.75) is 25.3 Å². The lowest BCUT2D eigenvalue weighted by Crippen LogP contribution is -2.25. The summed E-state index contributed by atoms with van der Waals surface area (Å²) in [5.74, 6) is -1.44. The second-order valence-corrected chi connectivity index (χ2v) is 4.22. The summed E-state index contributed by atoms with van der Waals surface area (Å²) in [6, 6.07) is 0. The largest absolute Gasteiger partial charge is 0.386 e. The fourth-order valence-corrected chi connectivity index (χ4v) is 1.67. The SMILES string of the molecule is CCCn1ncc(Br)c1C(=O)C(F)(F)Cl. The van der Waals surface area contributed by atoms with Crippen LogP contribution in [0.1, 0.15) is 23.8 Å². The molecule has 0 radical (unpaired) electrons. The monoisotopic (exact) mass is 300 g/mol. The molecule has 0 bridgehead atoms. The molecule has 0 unspecified atom stereocenters. The highest BCUT2D eigenvalue weighted by molar-refractivity contribution is 9.10. The Morgan fingerprint density at radius 2 is 2.33 bits per heavy atom. The van der Waals surface area contributed by atoms with Gasteiger partial charge in [0.2, 0.25) is 0 Å². The highest BCUT2D eigenvalue weighted by Crippen LogP contribution is 2.28. The average molecular weight is 302 g/mol. The van der Waals surface area contributed by atoms with Crippen molar-refractivity contribution in [3.05, 3.63) is 16.4 Å². The minimum absolute atomic E-state index is 0.197. The highest BCUT2D eigenvalue weighted by Gasteiger charge is 2.39. The van der Waals surface area contributed by atoms with E-state index in [9.17, 15) is 13.6 Å². The summed E-state index contributed by atoms with van der Waals surface area (Å²) in [7, 11) is 0. The molecule has 3 nitrogen and oxygen atoms in total. The zero-order chi connectivity index (χ0) is 11.6. The molecule has 0 aromatic carbocycles. The lowest BCUT2D eigenvalue weighted by atomic mass is 10.3. The number of Topliss-reactive ketones (excluding diaryl/α,β-unsaturated/α-hetero) is 1. The van der Waals surface area contributed by atoms with Crippen LogP contribution in [-0.4, -0.2) is 20.9 Å². The molecular formula is C8H8BrClF2N2O. The van der Waals surface area contributed by atoms with Crippen molar-refractivity contribution in [3.63, 3.8) is 0 Å². The zero-order valence-electron chi connectivity index (χ0n) is 7.81. The van der Waals surface area contributed by atoms with Gasteiger partial charge in [-0.25, -0.2) is 0 Å². The molecule has 0 amide bonds. The van der Waals surface area contributed by atoms with E-state index in [1.54, 1.807) is 0 Å². The number of hydrogen-bond acceptors (Lipinski definition) is 2. The molecule has 0 fully saturated rings. The first kappa shape index (κ1) is 12.6. The average Bonchev–Trinajstić information content (AvgIpc) is 2.45. The zero-order valence-corrected chi connectivity index (χ0v) is 10.1. The Bertz CT molecular complexity index is 375. The quantitative estimate of drug-likeness (QED) is 0.633. The predicted octanol–water partition coefficient (Wildman–Crippen LogP) is 3.07. The Kier molecular flexibility index (Phi) is 3.83.